The van der Waals surface area contributed by atoms with Gasteiger partial charge < -0.3 is 0 Å². The molecular weight excluding hydrogens is 360 g/mol. The molecule has 0 aromatic carbocycles. The lowest BCUT2D eigenvalue weighted by atomic mass is 10.0. The standard InChI is InChI=1S/C30H50/c1-25(2)15-11-19-29(7)23-13-21-27(5)17-9-10-18-28(6)22-14-24-30(8)20-12-16-26(3)4/h15-18,23-24H,9-14,19-22H2,1-8H3/b27-17-,28-18-,29-23-,30-24-. The molecule has 0 spiro atoms. The summed E-state index contributed by atoms with van der Waals surface area (Å²) in [5.74, 6) is 0. The number of hydrogen-bond donors (Lipinski definition) is 0. The summed E-state index contributed by atoms with van der Waals surface area (Å²) < 4.78 is 0. The first kappa shape index (κ1) is 28.4. The molecule has 0 aliphatic carbocycles. The second-order valence-corrected chi connectivity index (χ2v) is 9.50. The van der Waals surface area contributed by atoms with Crippen LogP contribution in [0.4, 0.5) is 0 Å². The third kappa shape index (κ3) is 19.7. The lowest BCUT2D eigenvalue weighted by Crippen LogP contribution is -1.82. The molecule has 0 aromatic rings. The van der Waals surface area contributed by atoms with Gasteiger partial charge in [-0.15, -0.1) is 0 Å². The second kappa shape index (κ2) is 18.2. The topological polar surface area (TPSA) is 0 Å². The fourth-order valence-electron chi connectivity index (χ4n) is 3.34. The zero-order valence-electron chi connectivity index (χ0n) is 21.5. The highest BCUT2D eigenvalue weighted by Gasteiger charge is 1.94. The Kier molecular flexibility index (Phi) is 17.3. The van der Waals surface area contributed by atoms with Crippen molar-refractivity contribution in [1.29, 1.82) is 0 Å². The van der Waals surface area contributed by atoms with E-state index in [-0.39, 0.29) is 0 Å². The molecule has 0 N–H and O–H groups in total. The molecule has 0 saturated heterocycles. The van der Waals surface area contributed by atoms with Crippen LogP contribution in [-0.2, 0) is 0 Å². The molecule has 0 rings (SSSR count). The van der Waals surface area contributed by atoms with Crippen LogP contribution in [0.15, 0.2) is 69.9 Å². The average Bonchev–Trinajstić information content (AvgIpc) is 2.64. The van der Waals surface area contributed by atoms with Gasteiger partial charge in [-0.25, -0.2) is 0 Å². The van der Waals surface area contributed by atoms with Gasteiger partial charge in [-0.05, 0) is 120 Å². The van der Waals surface area contributed by atoms with Crippen LogP contribution in [0.25, 0.3) is 0 Å². The van der Waals surface area contributed by atoms with Crippen molar-refractivity contribution >= 4 is 0 Å². The molecule has 30 heavy (non-hydrogen) atoms. The minimum atomic E-state index is 1.17. The van der Waals surface area contributed by atoms with Gasteiger partial charge in [-0.1, -0.05) is 69.9 Å². The number of rotatable bonds is 15. The molecule has 0 radical (unpaired) electrons. The Morgan fingerprint density at radius 2 is 0.567 bits per heavy atom. The third-order valence-corrected chi connectivity index (χ3v) is 5.40. The summed E-state index contributed by atoms with van der Waals surface area (Å²) in [5.41, 5.74) is 8.97. The molecule has 0 amide bonds. The SMILES string of the molecule is CC(C)=CCC/C(C)=C\CC/C(C)=C\CC/C=C(/C)CC/C=C(/C)CCC=C(C)C. The summed E-state index contributed by atoms with van der Waals surface area (Å²) in [6.45, 7) is 17.8. The molecule has 0 aliphatic rings. The predicted molar refractivity (Wildman–Crippen MR) is 140 cm³/mol. The maximum absolute atomic E-state index is 2.43. The van der Waals surface area contributed by atoms with Gasteiger partial charge in [-0.3, -0.25) is 0 Å². The molecule has 0 unspecified atom stereocenters. The van der Waals surface area contributed by atoms with Gasteiger partial charge in [0.1, 0.15) is 0 Å². The van der Waals surface area contributed by atoms with Crippen LogP contribution in [0.1, 0.15) is 120 Å². The Morgan fingerprint density at radius 1 is 0.333 bits per heavy atom. The van der Waals surface area contributed by atoms with E-state index >= 15 is 0 Å². The van der Waals surface area contributed by atoms with Gasteiger partial charge in [0.2, 0.25) is 0 Å². The highest BCUT2D eigenvalue weighted by atomic mass is 14.0. The van der Waals surface area contributed by atoms with Crippen LogP contribution in [0.5, 0.6) is 0 Å². The van der Waals surface area contributed by atoms with E-state index in [9.17, 15) is 0 Å². The second-order valence-electron chi connectivity index (χ2n) is 9.50. The summed E-state index contributed by atoms with van der Waals surface area (Å²) in [6, 6.07) is 0. The van der Waals surface area contributed by atoms with E-state index in [4.69, 9.17) is 0 Å². The predicted octanol–water partition coefficient (Wildman–Crippen LogP) is 10.6. The van der Waals surface area contributed by atoms with E-state index < -0.39 is 0 Å². The Morgan fingerprint density at radius 3 is 0.833 bits per heavy atom. The normalized spacial score (nSPS) is 13.5. The molecule has 0 atom stereocenters. The first-order valence-electron chi connectivity index (χ1n) is 12.1. The quantitative estimate of drug-likeness (QED) is 0.186. The zero-order valence-corrected chi connectivity index (χ0v) is 21.5. The van der Waals surface area contributed by atoms with E-state index in [2.05, 4.69) is 91.8 Å². The Bertz CT molecular complexity index is 578. The smallest absolute Gasteiger partial charge is 0.0288 e. The van der Waals surface area contributed by atoms with Gasteiger partial charge in [-0.2, -0.15) is 0 Å². The van der Waals surface area contributed by atoms with Crippen LogP contribution >= 0.6 is 0 Å². The highest BCUT2D eigenvalue weighted by Crippen LogP contribution is 2.14. The Hall–Kier alpha value is -1.56. The van der Waals surface area contributed by atoms with Gasteiger partial charge in [0.05, 0.1) is 0 Å². The molecule has 0 aliphatic heterocycles. The van der Waals surface area contributed by atoms with E-state index in [0.717, 1.165) is 0 Å². The molecular formula is C30H50. The lowest BCUT2D eigenvalue weighted by Gasteiger charge is -2.02. The minimum absolute atomic E-state index is 1.17. The van der Waals surface area contributed by atoms with Crippen molar-refractivity contribution in [2.45, 2.75) is 120 Å². The lowest BCUT2D eigenvalue weighted by molar-refractivity contribution is 0.896. The van der Waals surface area contributed by atoms with E-state index in [1.54, 1.807) is 0 Å². The van der Waals surface area contributed by atoms with Crippen molar-refractivity contribution in [3.8, 4) is 0 Å². The fraction of sp³-hybridized carbons (Fsp3) is 0.600. The molecule has 0 aromatic heterocycles. The monoisotopic (exact) mass is 410 g/mol. The number of hydrogen-bond acceptors (Lipinski definition) is 0. The summed E-state index contributed by atoms with van der Waals surface area (Å²) >= 11 is 0. The summed E-state index contributed by atoms with van der Waals surface area (Å²) in [5, 5.41) is 0. The highest BCUT2D eigenvalue weighted by molar-refractivity contribution is 5.08. The Balaban J connectivity index is 4.05. The number of allylic oxidation sites excluding steroid dienone is 12. The summed E-state index contributed by atoms with van der Waals surface area (Å²) in [6.07, 6.45) is 26.2. The average molecular weight is 411 g/mol. The van der Waals surface area contributed by atoms with Crippen molar-refractivity contribution < 1.29 is 0 Å². The van der Waals surface area contributed by atoms with Crippen LogP contribution in [-0.4, -0.2) is 0 Å². The molecule has 0 fully saturated rings. The van der Waals surface area contributed by atoms with Crippen molar-refractivity contribution in [1.82, 2.24) is 0 Å². The molecule has 0 nitrogen and oxygen atoms in total. The molecule has 170 valence electrons. The zero-order chi connectivity index (χ0) is 22.8. The third-order valence-electron chi connectivity index (χ3n) is 5.40. The number of unbranched alkanes of at least 4 members (excludes halogenated alkanes) is 1. The minimum Gasteiger partial charge on any atom is -0.0856 e. The maximum Gasteiger partial charge on any atom is -0.0288 e. The van der Waals surface area contributed by atoms with Crippen LogP contribution in [0, 0.1) is 0 Å². The largest absolute Gasteiger partial charge is 0.0856 e. The van der Waals surface area contributed by atoms with Gasteiger partial charge in [0.25, 0.3) is 0 Å². The van der Waals surface area contributed by atoms with Gasteiger partial charge in [0.15, 0.2) is 0 Å². The van der Waals surface area contributed by atoms with E-state index in [0.29, 0.717) is 0 Å². The van der Waals surface area contributed by atoms with Gasteiger partial charge in [0, 0.05) is 0 Å². The molecule has 0 saturated carbocycles. The molecule has 0 bridgehead atoms. The molecule has 0 heteroatoms. The van der Waals surface area contributed by atoms with Crippen molar-refractivity contribution in [2.75, 3.05) is 0 Å². The van der Waals surface area contributed by atoms with Gasteiger partial charge >= 0.3 is 0 Å². The fourth-order valence-corrected chi connectivity index (χ4v) is 3.34. The van der Waals surface area contributed by atoms with E-state index in [1.807, 2.05) is 0 Å². The van der Waals surface area contributed by atoms with Crippen LogP contribution in [0.2, 0.25) is 0 Å². The van der Waals surface area contributed by atoms with Crippen molar-refractivity contribution in [3.05, 3.63) is 69.9 Å². The van der Waals surface area contributed by atoms with Crippen LogP contribution in [0.3, 0.4) is 0 Å². The van der Waals surface area contributed by atoms with Crippen molar-refractivity contribution in [2.24, 2.45) is 0 Å². The summed E-state index contributed by atoms with van der Waals surface area (Å²) in [4.78, 5) is 0. The molecule has 0 heterocycles. The first-order valence-corrected chi connectivity index (χ1v) is 12.1. The maximum atomic E-state index is 2.43. The van der Waals surface area contributed by atoms with Crippen molar-refractivity contribution in [3.63, 3.8) is 0 Å². The van der Waals surface area contributed by atoms with Crippen LogP contribution < -0.4 is 0 Å². The van der Waals surface area contributed by atoms with E-state index in [1.165, 1.54) is 97.6 Å². The Labute approximate surface area is 189 Å². The summed E-state index contributed by atoms with van der Waals surface area (Å²) in [7, 11) is 0. The first-order chi connectivity index (χ1) is 14.2.